The first kappa shape index (κ1) is 18.3. The van der Waals surface area contributed by atoms with Crippen LogP contribution in [0.15, 0.2) is 30.5 Å². The summed E-state index contributed by atoms with van der Waals surface area (Å²) in [6, 6.07) is 6.71. The molecule has 0 saturated carbocycles. The van der Waals surface area contributed by atoms with Crippen molar-refractivity contribution < 1.29 is 28.2 Å². The first-order valence-electron chi connectivity index (χ1n) is 7.42. The number of aryl methyl sites for hydroxylation is 1. The number of benzene rings is 1. The number of carbonyl (C=O) groups excluding carboxylic acids is 1. The van der Waals surface area contributed by atoms with Gasteiger partial charge in [-0.2, -0.15) is 13.2 Å². The summed E-state index contributed by atoms with van der Waals surface area (Å²) in [5.74, 6) is -0.608. The largest absolute Gasteiger partial charge is 0.394 e. The van der Waals surface area contributed by atoms with E-state index in [0.717, 1.165) is 10.4 Å². The summed E-state index contributed by atoms with van der Waals surface area (Å²) >= 11 is 0. The Hall–Kier alpha value is -2.06. The molecule has 1 aromatic heterocycles. The van der Waals surface area contributed by atoms with E-state index in [1.165, 1.54) is 6.07 Å². The maximum atomic E-state index is 12.7. The zero-order valence-electron chi connectivity index (χ0n) is 13.1. The molecule has 8 heteroatoms. The van der Waals surface area contributed by atoms with Crippen LogP contribution in [0.3, 0.4) is 0 Å². The number of hydrogen-bond acceptors (Lipinski definition) is 3. The van der Waals surface area contributed by atoms with E-state index in [0.29, 0.717) is 5.39 Å². The second-order valence-electron chi connectivity index (χ2n) is 5.62. The van der Waals surface area contributed by atoms with Gasteiger partial charge in [-0.15, -0.1) is 0 Å². The van der Waals surface area contributed by atoms with Crippen LogP contribution < -0.4 is 0 Å². The molecule has 1 heterocycles. The molecule has 132 valence electrons. The first-order valence-corrected chi connectivity index (χ1v) is 7.42. The van der Waals surface area contributed by atoms with Crippen molar-refractivity contribution in [2.75, 3.05) is 19.7 Å². The lowest BCUT2D eigenvalue weighted by atomic mass is 10.1. The summed E-state index contributed by atoms with van der Waals surface area (Å²) in [4.78, 5) is 13.6. The molecule has 0 spiro atoms. The third-order valence-electron chi connectivity index (χ3n) is 3.75. The molecule has 0 saturated heterocycles. The molecule has 2 rings (SSSR count). The van der Waals surface area contributed by atoms with Crippen molar-refractivity contribution in [3.8, 4) is 0 Å². The highest BCUT2D eigenvalue weighted by atomic mass is 19.4. The van der Waals surface area contributed by atoms with Gasteiger partial charge in [0.25, 0.3) is 5.91 Å². The van der Waals surface area contributed by atoms with Crippen molar-refractivity contribution in [1.29, 1.82) is 0 Å². The average Bonchev–Trinajstić information content (AvgIpc) is 2.91. The maximum Gasteiger partial charge on any atom is 0.390 e. The second kappa shape index (κ2) is 7.23. The van der Waals surface area contributed by atoms with E-state index < -0.39 is 37.8 Å². The molecule has 1 amide bonds. The number of fused-ring (bicyclic) bond motifs is 1. The number of halogens is 3. The van der Waals surface area contributed by atoms with E-state index in [9.17, 15) is 23.1 Å². The van der Waals surface area contributed by atoms with Gasteiger partial charge in [0, 0.05) is 42.8 Å². The number of amides is 1. The molecule has 0 aliphatic rings. The number of rotatable bonds is 6. The summed E-state index contributed by atoms with van der Waals surface area (Å²) < 4.78 is 39.3. The highest BCUT2D eigenvalue weighted by Gasteiger charge is 2.30. The van der Waals surface area contributed by atoms with E-state index in [2.05, 4.69) is 0 Å². The van der Waals surface area contributed by atoms with Crippen molar-refractivity contribution in [2.24, 2.45) is 7.05 Å². The van der Waals surface area contributed by atoms with Crippen LogP contribution in [0.5, 0.6) is 0 Å². The second-order valence-corrected chi connectivity index (χ2v) is 5.62. The van der Waals surface area contributed by atoms with Gasteiger partial charge in [-0.1, -0.05) is 6.07 Å². The smallest absolute Gasteiger partial charge is 0.390 e. The molecule has 0 unspecified atom stereocenters. The van der Waals surface area contributed by atoms with Gasteiger partial charge in [0.05, 0.1) is 19.1 Å². The molecule has 1 atom stereocenters. The Bertz CT molecular complexity index is 712. The summed E-state index contributed by atoms with van der Waals surface area (Å²) in [6.07, 6.45) is -5.13. The van der Waals surface area contributed by atoms with Crippen molar-refractivity contribution in [1.82, 2.24) is 9.47 Å². The van der Waals surface area contributed by atoms with Crippen molar-refractivity contribution >= 4 is 16.8 Å². The van der Waals surface area contributed by atoms with Crippen LogP contribution in [0.1, 0.15) is 16.8 Å². The quantitative estimate of drug-likeness (QED) is 0.842. The first-order chi connectivity index (χ1) is 11.2. The predicted molar refractivity (Wildman–Crippen MR) is 82.6 cm³/mol. The Morgan fingerprint density at radius 1 is 1.33 bits per heavy atom. The van der Waals surface area contributed by atoms with Gasteiger partial charge in [0.15, 0.2) is 0 Å². The summed E-state index contributed by atoms with van der Waals surface area (Å²) in [7, 11) is 1.80. The van der Waals surface area contributed by atoms with Gasteiger partial charge in [0.2, 0.25) is 0 Å². The molecular weight excluding hydrogens is 325 g/mol. The number of hydrogen-bond donors (Lipinski definition) is 2. The molecule has 0 radical (unpaired) electrons. The van der Waals surface area contributed by atoms with Crippen LogP contribution in [0.4, 0.5) is 13.2 Å². The molecule has 0 bridgehead atoms. The van der Waals surface area contributed by atoms with Crippen LogP contribution in [-0.4, -0.2) is 57.6 Å². The predicted octanol–water partition coefficient (Wildman–Crippen LogP) is 1.93. The highest BCUT2D eigenvalue weighted by Crippen LogP contribution is 2.23. The van der Waals surface area contributed by atoms with E-state index in [-0.39, 0.29) is 12.1 Å². The Balaban J connectivity index is 2.31. The topological polar surface area (TPSA) is 65.7 Å². The Morgan fingerprint density at radius 3 is 2.67 bits per heavy atom. The number of nitrogens with zero attached hydrogens (tertiary/aromatic N) is 2. The Labute approximate surface area is 136 Å². The van der Waals surface area contributed by atoms with E-state index in [4.69, 9.17) is 5.11 Å². The van der Waals surface area contributed by atoms with E-state index in [1.807, 2.05) is 0 Å². The number of aromatic nitrogens is 1. The lowest BCUT2D eigenvalue weighted by Crippen LogP contribution is -2.40. The van der Waals surface area contributed by atoms with Crippen molar-refractivity contribution in [3.05, 3.63) is 36.0 Å². The Kier molecular flexibility index (Phi) is 5.51. The van der Waals surface area contributed by atoms with E-state index in [1.54, 1.807) is 36.0 Å². The molecule has 1 aromatic carbocycles. The zero-order valence-corrected chi connectivity index (χ0v) is 13.1. The summed E-state index contributed by atoms with van der Waals surface area (Å²) in [6.45, 7) is -1.58. The number of carbonyl (C=O) groups is 1. The third kappa shape index (κ3) is 4.27. The van der Waals surface area contributed by atoms with Gasteiger partial charge in [0.1, 0.15) is 0 Å². The fourth-order valence-electron chi connectivity index (χ4n) is 2.51. The minimum atomic E-state index is -4.42. The molecule has 2 aromatic rings. The Morgan fingerprint density at radius 2 is 2.04 bits per heavy atom. The lowest BCUT2D eigenvalue weighted by molar-refractivity contribution is -0.137. The maximum absolute atomic E-state index is 12.7. The van der Waals surface area contributed by atoms with Crippen molar-refractivity contribution in [3.63, 3.8) is 0 Å². The molecule has 5 nitrogen and oxygen atoms in total. The lowest BCUT2D eigenvalue weighted by Gasteiger charge is -2.25. The van der Waals surface area contributed by atoms with Gasteiger partial charge >= 0.3 is 6.18 Å². The van der Waals surface area contributed by atoms with Crippen LogP contribution in [-0.2, 0) is 7.05 Å². The minimum Gasteiger partial charge on any atom is -0.394 e. The average molecular weight is 344 g/mol. The molecule has 0 aliphatic heterocycles. The molecule has 0 fully saturated rings. The number of alkyl halides is 3. The highest BCUT2D eigenvalue weighted by molar-refractivity contribution is 6.06. The standard InChI is InChI=1S/C16H19F3N2O3/c1-20-7-5-12-13(3-2-4-14(12)20)15(24)21(9-11(23)10-22)8-6-16(17,18)19/h2-5,7,11,22-23H,6,8-10H2,1H3/t11-/m0/s1. The zero-order chi connectivity index (χ0) is 17.9. The van der Waals surface area contributed by atoms with Crippen LogP contribution in [0.25, 0.3) is 10.9 Å². The summed E-state index contributed by atoms with van der Waals surface area (Å²) in [5.41, 5.74) is 1.04. The summed E-state index contributed by atoms with van der Waals surface area (Å²) in [5, 5.41) is 19.1. The van der Waals surface area contributed by atoms with E-state index >= 15 is 0 Å². The monoisotopic (exact) mass is 344 g/mol. The SMILES string of the molecule is Cn1ccc2c(C(=O)N(CCC(F)(F)F)C[C@H](O)CO)cccc21. The molecule has 24 heavy (non-hydrogen) atoms. The van der Waals surface area contributed by atoms with Crippen LogP contribution in [0.2, 0.25) is 0 Å². The van der Waals surface area contributed by atoms with Gasteiger partial charge in [-0.3, -0.25) is 4.79 Å². The molecule has 2 N–H and O–H groups in total. The molecular formula is C16H19F3N2O3. The minimum absolute atomic E-state index is 0.264. The fourth-order valence-corrected chi connectivity index (χ4v) is 2.51. The fraction of sp³-hybridized carbons (Fsp3) is 0.438. The van der Waals surface area contributed by atoms with Gasteiger partial charge in [-0.05, 0) is 18.2 Å². The molecule has 0 aliphatic carbocycles. The number of aliphatic hydroxyl groups is 2. The van der Waals surface area contributed by atoms with Crippen LogP contribution in [0, 0.1) is 0 Å². The van der Waals surface area contributed by atoms with Gasteiger partial charge < -0.3 is 19.7 Å². The van der Waals surface area contributed by atoms with Crippen molar-refractivity contribution in [2.45, 2.75) is 18.7 Å². The number of aliphatic hydroxyl groups excluding tert-OH is 2. The normalized spacial score (nSPS) is 13.2. The third-order valence-corrected chi connectivity index (χ3v) is 3.75. The van der Waals surface area contributed by atoms with Crippen LogP contribution >= 0.6 is 0 Å². The van der Waals surface area contributed by atoms with Gasteiger partial charge in [-0.25, -0.2) is 0 Å².